The summed E-state index contributed by atoms with van der Waals surface area (Å²) in [6, 6.07) is 15.8. The molecule has 252 valence electrons. The Labute approximate surface area is 280 Å². The molecule has 0 radical (unpaired) electrons. The summed E-state index contributed by atoms with van der Waals surface area (Å²) in [6.07, 6.45) is 5.31. The van der Waals surface area contributed by atoms with Crippen LogP contribution in [0.3, 0.4) is 0 Å². The lowest BCUT2D eigenvalue weighted by Gasteiger charge is -2.30. The first kappa shape index (κ1) is 36.0. The number of carbonyl (C=O) groups excluding carboxylic acids is 2. The number of aryl methyl sites for hydroxylation is 1. The van der Waals surface area contributed by atoms with E-state index in [4.69, 9.17) is 13.9 Å². The number of allylic oxidation sites excluding steroid dienone is 1. The predicted octanol–water partition coefficient (Wildman–Crippen LogP) is 8.74. The topological polar surface area (TPSA) is 86.0 Å². The van der Waals surface area contributed by atoms with Gasteiger partial charge in [-0.15, -0.1) is 0 Å². The molecule has 1 N–H and O–H groups in total. The smallest absolute Gasteiger partial charge is 0.334 e. The van der Waals surface area contributed by atoms with Crippen LogP contribution in [0.5, 0.6) is 0 Å². The van der Waals surface area contributed by atoms with E-state index in [-0.39, 0.29) is 23.9 Å². The lowest BCUT2D eigenvalue weighted by Crippen LogP contribution is -2.41. The van der Waals surface area contributed by atoms with Gasteiger partial charge in [0.15, 0.2) is 5.60 Å². The Bertz CT molecular complexity index is 1650. The number of esters is 2. The van der Waals surface area contributed by atoms with E-state index >= 15 is 0 Å². The first-order valence-electron chi connectivity index (χ1n) is 16.7. The van der Waals surface area contributed by atoms with Crippen molar-refractivity contribution in [3.8, 4) is 11.8 Å². The maximum atomic E-state index is 13.3. The maximum Gasteiger partial charge on any atom is 0.334 e. The molecule has 1 fully saturated rings. The Hall–Kier alpha value is -3.82. The number of benzene rings is 2. The minimum absolute atomic E-state index is 0.169. The third-order valence-corrected chi connectivity index (χ3v) is 8.48. The summed E-state index contributed by atoms with van der Waals surface area (Å²) in [6.45, 7) is 18.4. The Morgan fingerprint density at radius 2 is 1.57 bits per heavy atom. The Morgan fingerprint density at radius 1 is 0.957 bits per heavy atom. The number of hydrogen-bond acceptors (Lipinski definition) is 6. The molecule has 2 aromatic carbocycles. The summed E-state index contributed by atoms with van der Waals surface area (Å²) < 4.78 is 17.5. The molecule has 1 saturated heterocycles. The summed E-state index contributed by atoms with van der Waals surface area (Å²) in [5.41, 5.74) is 2.40. The third kappa shape index (κ3) is 10.3. The molecule has 6 nitrogen and oxygen atoms in total. The monoisotopic (exact) mass is 640 g/mol. The second-order valence-electron chi connectivity index (χ2n) is 16.5. The summed E-state index contributed by atoms with van der Waals surface area (Å²) in [7, 11) is 0. The van der Waals surface area contributed by atoms with Crippen LogP contribution < -0.4 is 0 Å². The van der Waals surface area contributed by atoms with Crippen molar-refractivity contribution in [2.24, 2.45) is 22.2 Å². The average Bonchev–Trinajstić information content (AvgIpc) is 3.51. The number of aliphatic hydroxyl groups is 1. The van der Waals surface area contributed by atoms with Gasteiger partial charge < -0.3 is 19.0 Å². The lowest BCUT2D eigenvalue weighted by atomic mass is 9.75. The highest BCUT2D eigenvalue weighted by Crippen LogP contribution is 2.38. The van der Waals surface area contributed by atoms with Crippen molar-refractivity contribution in [2.45, 2.75) is 100 Å². The second-order valence-corrected chi connectivity index (χ2v) is 16.5. The van der Waals surface area contributed by atoms with Crippen LogP contribution in [-0.2, 0) is 25.5 Å². The Morgan fingerprint density at radius 3 is 2.19 bits per heavy atom. The number of aliphatic hydroxyl groups excluding tert-OH is 1. The van der Waals surface area contributed by atoms with Crippen LogP contribution in [0.2, 0.25) is 0 Å². The quantitative estimate of drug-likeness (QED) is 0.136. The third-order valence-electron chi connectivity index (χ3n) is 8.48. The zero-order chi connectivity index (χ0) is 34.6. The molecule has 3 aromatic rings. The second kappa shape index (κ2) is 14.1. The number of furan rings is 1. The van der Waals surface area contributed by atoms with Crippen molar-refractivity contribution in [3.05, 3.63) is 82.6 Å². The van der Waals surface area contributed by atoms with Crippen LogP contribution in [0.1, 0.15) is 104 Å². The number of fused-ring (bicyclic) bond motifs is 1. The van der Waals surface area contributed by atoms with Crippen molar-refractivity contribution < 1.29 is 28.6 Å². The molecule has 1 aliphatic rings. The lowest BCUT2D eigenvalue weighted by molar-refractivity contribution is -0.172. The summed E-state index contributed by atoms with van der Waals surface area (Å²) in [4.78, 5) is 26.2. The molecule has 47 heavy (non-hydrogen) atoms. The van der Waals surface area contributed by atoms with Crippen molar-refractivity contribution in [3.63, 3.8) is 0 Å². The highest BCUT2D eigenvalue weighted by Gasteiger charge is 2.45. The van der Waals surface area contributed by atoms with Gasteiger partial charge in [0.1, 0.15) is 18.0 Å². The van der Waals surface area contributed by atoms with E-state index < -0.39 is 29.6 Å². The van der Waals surface area contributed by atoms with E-state index in [0.717, 1.165) is 35.8 Å². The first-order valence-corrected chi connectivity index (χ1v) is 16.7. The van der Waals surface area contributed by atoms with Crippen LogP contribution in [0.15, 0.2) is 64.6 Å². The predicted molar refractivity (Wildman–Crippen MR) is 187 cm³/mol. The Balaban J connectivity index is 1.38. The molecule has 0 saturated carbocycles. The number of ether oxygens (including phenoxy) is 2. The standard InChI is InChI=1S/C41H52O6/c1-28-10-12-29(13-11-28)14-15-30-17-19-35-33(20-30)21-34(46-35)25-40(8,9)37(44)45-27-41(26-42)24-32(36(43)47-41)18-16-31(22-38(2,3)4)23-39(5,6)7/h10-13,17-21,31,42H,16,22-27H2,1-9H3/b32-18+/t41-/m1/s1. The molecular weight excluding hydrogens is 588 g/mol. The largest absolute Gasteiger partial charge is 0.461 e. The van der Waals surface area contributed by atoms with Crippen molar-refractivity contribution in [1.29, 1.82) is 0 Å². The van der Waals surface area contributed by atoms with Gasteiger partial charge in [-0.3, -0.25) is 4.79 Å². The zero-order valence-corrected chi connectivity index (χ0v) is 29.7. The number of cyclic esters (lactones) is 1. The average molecular weight is 641 g/mol. The minimum Gasteiger partial charge on any atom is -0.461 e. The SMILES string of the molecule is Cc1ccc(C#Cc2ccc3oc(CC(C)(C)C(=O)OC[C@]4(CO)C/C(=C\CC(CC(C)(C)C)CC(C)(C)C)C(=O)O4)cc3c2)cc1. The van der Waals surface area contributed by atoms with Crippen molar-refractivity contribution in [2.75, 3.05) is 13.2 Å². The fourth-order valence-corrected chi connectivity index (χ4v) is 6.31. The van der Waals surface area contributed by atoms with E-state index in [1.165, 1.54) is 5.56 Å². The van der Waals surface area contributed by atoms with E-state index in [9.17, 15) is 14.7 Å². The van der Waals surface area contributed by atoms with E-state index in [1.54, 1.807) is 13.8 Å². The van der Waals surface area contributed by atoms with Gasteiger partial charge >= 0.3 is 11.9 Å². The molecule has 0 bridgehead atoms. The van der Waals surface area contributed by atoms with Gasteiger partial charge in [-0.2, -0.15) is 0 Å². The van der Waals surface area contributed by atoms with Crippen LogP contribution in [0.4, 0.5) is 0 Å². The molecule has 0 unspecified atom stereocenters. The molecule has 1 aromatic heterocycles. The van der Waals surface area contributed by atoms with Crippen molar-refractivity contribution >= 4 is 22.9 Å². The van der Waals surface area contributed by atoms with Gasteiger partial charge in [0.2, 0.25) is 0 Å². The number of rotatable bonds is 10. The van der Waals surface area contributed by atoms with E-state index in [0.29, 0.717) is 29.3 Å². The maximum absolute atomic E-state index is 13.3. The van der Waals surface area contributed by atoms with Crippen LogP contribution in [-0.4, -0.2) is 35.9 Å². The normalized spacial score (nSPS) is 18.0. The summed E-state index contributed by atoms with van der Waals surface area (Å²) in [5.74, 6) is 6.56. The number of hydrogen-bond donors (Lipinski definition) is 1. The number of carbonyl (C=O) groups is 2. The van der Waals surface area contributed by atoms with Gasteiger partial charge in [-0.1, -0.05) is 77.2 Å². The molecule has 0 spiro atoms. The fourth-order valence-electron chi connectivity index (χ4n) is 6.31. The summed E-state index contributed by atoms with van der Waals surface area (Å²) >= 11 is 0. The molecule has 2 heterocycles. The fraction of sp³-hybridized carbons (Fsp3) is 0.512. The molecular formula is C41H52O6. The van der Waals surface area contributed by atoms with Crippen LogP contribution in [0.25, 0.3) is 11.0 Å². The van der Waals surface area contributed by atoms with Gasteiger partial charge in [0, 0.05) is 34.9 Å². The Kier molecular flexibility index (Phi) is 10.8. The van der Waals surface area contributed by atoms with Gasteiger partial charge in [-0.05, 0) is 93.2 Å². The highest BCUT2D eigenvalue weighted by molar-refractivity contribution is 5.91. The molecule has 4 rings (SSSR count). The minimum atomic E-state index is -1.28. The van der Waals surface area contributed by atoms with Gasteiger partial charge in [-0.25, -0.2) is 4.79 Å². The van der Waals surface area contributed by atoms with Gasteiger partial charge in [0.05, 0.1) is 12.0 Å². The summed E-state index contributed by atoms with van der Waals surface area (Å²) in [5, 5.41) is 11.2. The van der Waals surface area contributed by atoms with E-state index in [2.05, 4.69) is 53.4 Å². The first-order chi connectivity index (χ1) is 21.9. The van der Waals surface area contributed by atoms with Crippen LogP contribution in [0, 0.1) is 40.9 Å². The zero-order valence-electron chi connectivity index (χ0n) is 29.7. The van der Waals surface area contributed by atoms with E-state index in [1.807, 2.05) is 61.5 Å². The molecule has 1 aliphatic heterocycles. The van der Waals surface area contributed by atoms with Gasteiger partial charge in [0.25, 0.3) is 0 Å². The molecule has 0 aliphatic carbocycles. The molecule has 0 amide bonds. The molecule has 1 atom stereocenters. The highest BCUT2D eigenvalue weighted by atomic mass is 16.6. The molecule has 6 heteroatoms. The van der Waals surface area contributed by atoms with Crippen molar-refractivity contribution in [1.82, 2.24) is 0 Å². The van der Waals surface area contributed by atoms with Crippen LogP contribution >= 0.6 is 0 Å².